The van der Waals surface area contributed by atoms with E-state index in [1.165, 1.54) is 0 Å². The number of carbonyl (C=O) groups is 2. The fourth-order valence-electron chi connectivity index (χ4n) is 5.78. The Morgan fingerprint density at radius 2 is 1.76 bits per heavy atom. The zero-order chi connectivity index (χ0) is 30.1. The molecular weight excluding hydrogens is 573 g/mol. The highest BCUT2D eigenvalue weighted by atomic mass is 35.5. The lowest BCUT2D eigenvalue weighted by atomic mass is 9.96. The maximum absolute atomic E-state index is 14.5. The molecule has 3 aromatic carbocycles. The monoisotopic (exact) mass is 607 g/mol. The molecule has 0 bridgehead atoms. The molecule has 1 aromatic heterocycles. The first kappa shape index (κ1) is 30.1. The van der Waals surface area contributed by atoms with Crippen LogP contribution in [0.1, 0.15) is 40.3 Å². The number of aromatic nitrogens is 1. The number of likely N-dealkylation sites (N-methyl/N-ethyl adjacent to an activating group) is 1. The molecule has 0 saturated carbocycles. The summed E-state index contributed by atoms with van der Waals surface area (Å²) in [4.78, 5) is 31.1. The number of fused-ring (bicyclic) bond motifs is 5. The molecule has 1 N–H and O–H groups in total. The summed E-state index contributed by atoms with van der Waals surface area (Å²) < 4.78 is 8.54. The number of amides is 2. The summed E-state index contributed by atoms with van der Waals surface area (Å²) in [5.74, 6) is -0.574. The summed E-state index contributed by atoms with van der Waals surface area (Å²) in [6.45, 7) is 4.56. The topological polar surface area (TPSA) is 75.0 Å². The summed E-state index contributed by atoms with van der Waals surface area (Å²) in [5, 5.41) is 11.9. The summed E-state index contributed by atoms with van der Waals surface area (Å²) in [7, 11) is 3.63. The summed E-state index contributed by atoms with van der Waals surface area (Å²) in [6.07, 6.45) is -0.416. The van der Waals surface area contributed by atoms with Crippen molar-refractivity contribution in [3.63, 3.8) is 0 Å². The average molecular weight is 609 g/mol. The van der Waals surface area contributed by atoms with E-state index in [-0.39, 0.29) is 30.9 Å². The third kappa shape index (κ3) is 5.79. The van der Waals surface area contributed by atoms with E-state index in [0.717, 1.165) is 27.6 Å². The van der Waals surface area contributed by atoms with Crippen LogP contribution in [-0.4, -0.2) is 70.2 Å². The average Bonchev–Trinajstić information content (AvgIpc) is 3.27. The molecule has 0 unspecified atom stereocenters. The standard InChI is InChI=1S/C33H35Cl2N3O4/c1-20-16-38(21(2)18-39)33(41)31-30(27-11-7-8-12-28(27)37(31)4)26-10-6-5-9-22(26)19-42-29(20)17-36(3)32(40)23-13-24(34)15-25(35)14-23/h5-15,20-21,29,39H,16-19H2,1-4H3/t20-,21+,29+/m1/s1. The van der Waals surface area contributed by atoms with Crippen molar-refractivity contribution in [2.24, 2.45) is 13.0 Å². The van der Waals surface area contributed by atoms with Gasteiger partial charge in [-0.15, -0.1) is 0 Å². The highest BCUT2D eigenvalue weighted by molar-refractivity contribution is 6.35. The van der Waals surface area contributed by atoms with Gasteiger partial charge in [0, 0.05) is 65.2 Å². The molecule has 5 rings (SSSR count). The van der Waals surface area contributed by atoms with E-state index in [9.17, 15) is 14.7 Å². The lowest BCUT2D eigenvalue weighted by Crippen LogP contribution is -2.48. The van der Waals surface area contributed by atoms with Crippen LogP contribution >= 0.6 is 23.2 Å². The van der Waals surface area contributed by atoms with E-state index in [1.807, 2.05) is 74.0 Å². The van der Waals surface area contributed by atoms with Crippen molar-refractivity contribution in [3.05, 3.63) is 93.6 Å². The maximum atomic E-state index is 14.5. The Morgan fingerprint density at radius 1 is 1.10 bits per heavy atom. The lowest BCUT2D eigenvalue weighted by molar-refractivity contribution is -0.0210. The van der Waals surface area contributed by atoms with Crippen LogP contribution in [0.15, 0.2) is 66.7 Å². The molecule has 9 heteroatoms. The molecular formula is C33H35Cl2N3O4. The summed E-state index contributed by atoms with van der Waals surface area (Å²) >= 11 is 12.3. The van der Waals surface area contributed by atoms with Gasteiger partial charge in [0.05, 0.1) is 25.4 Å². The van der Waals surface area contributed by atoms with Gasteiger partial charge in [0.2, 0.25) is 0 Å². The number of hydrogen-bond donors (Lipinski definition) is 1. The molecule has 7 nitrogen and oxygen atoms in total. The number of carbonyl (C=O) groups excluding carboxylic acids is 2. The number of para-hydroxylation sites is 1. The smallest absolute Gasteiger partial charge is 0.271 e. The molecule has 1 aliphatic heterocycles. The number of aliphatic hydroxyl groups is 1. The summed E-state index contributed by atoms with van der Waals surface area (Å²) in [6, 6.07) is 20.3. The van der Waals surface area contributed by atoms with Gasteiger partial charge >= 0.3 is 0 Å². The van der Waals surface area contributed by atoms with E-state index in [1.54, 1.807) is 35.0 Å². The van der Waals surface area contributed by atoms with Crippen molar-refractivity contribution in [2.45, 2.75) is 32.6 Å². The van der Waals surface area contributed by atoms with Crippen molar-refractivity contribution in [2.75, 3.05) is 26.7 Å². The van der Waals surface area contributed by atoms with Crippen LogP contribution in [0.3, 0.4) is 0 Å². The molecule has 0 aliphatic carbocycles. The second-order valence-corrected chi connectivity index (χ2v) is 12.0. The Morgan fingerprint density at radius 3 is 2.48 bits per heavy atom. The fraction of sp³-hybridized carbons (Fsp3) is 0.333. The van der Waals surface area contributed by atoms with Crippen molar-refractivity contribution >= 4 is 45.9 Å². The van der Waals surface area contributed by atoms with Crippen LogP contribution in [-0.2, 0) is 18.4 Å². The predicted molar refractivity (Wildman–Crippen MR) is 167 cm³/mol. The highest BCUT2D eigenvalue weighted by Crippen LogP contribution is 2.38. The number of aliphatic hydroxyl groups excluding tert-OH is 1. The minimum atomic E-state index is -0.435. The molecule has 2 heterocycles. The van der Waals surface area contributed by atoms with Gasteiger partial charge in [0.1, 0.15) is 5.69 Å². The second kappa shape index (κ2) is 12.5. The molecule has 4 aromatic rings. The van der Waals surface area contributed by atoms with E-state index in [4.69, 9.17) is 27.9 Å². The minimum Gasteiger partial charge on any atom is -0.394 e. The number of nitrogens with zero attached hydrogens (tertiary/aromatic N) is 3. The van der Waals surface area contributed by atoms with E-state index in [0.29, 0.717) is 34.5 Å². The van der Waals surface area contributed by atoms with E-state index in [2.05, 4.69) is 0 Å². The van der Waals surface area contributed by atoms with Crippen LogP contribution < -0.4 is 0 Å². The van der Waals surface area contributed by atoms with Crippen molar-refractivity contribution in [1.29, 1.82) is 0 Å². The third-order valence-electron chi connectivity index (χ3n) is 8.14. The largest absolute Gasteiger partial charge is 0.394 e. The number of aryl methyl sites for hydroxylation is 1. The lowest BCUT2D eigenvalue weighted by Gasteiger charge is -2.35. The van der Waals surface area contributed by atoms with Crippen LogP contribution in [0, 0.1) is 5.92 Å². The highest BCUT2D eigenvalue weighted by Gasteiger charge is 2.34. The molecule has 1 aliphatic rings. The van der Waals surface area contributed by atoms with Gasteiger partial charge < -0.3 is 24.2 Å². The number of halogens is 2. The van der Waals surface area contributed by atoms with Gasteiger partial charge in [-0.25, -0.2) is 0 Å². The van der Waals surface area contributed by atoms with Gasteiger partial charge in [0.25, 0.3) is 11.8 Å². The number of benzene rings is 3. The SMILES string of the molecule is C[C@@H]1CN([C@@H](C)CO)C(=O)c2c(c3ccccc3n2C)-c2ccccc2CO[C@H]1CN(C)C(=O)c1cc(Cl)cc(Cl)c1. The minimum absolute atomic E-state index is 0.162. The molecule has 42 heavy (non-hydrogen) atoms. The van der Waals surface area contributed by atoms with Crippen LogP contribution in [0.2, 0.25) is 10.0 Å². The van der Waals surface area contributed by atoms with Gasteiger partial charge in [-0.2, -0.15) is 0 Å². The Labute approximate surface area is 256 Å². The van der Waals surface area contributed by atoms with Gasteiger partial charge in [0.15, 0.2) is 0 Å². The number of ether oxygens (including phenoxy) is 1. The molecule has 3 atom stereocenters. The molecule has 0 fully saturated rings. The first-order chi connectivity index (χ1) is 20.1. The Balaban J connectivity index is 1.58. The molecule has 220 valence electrons. The maximum Gasteiger partial charge on any atom is 0.271 e. The Bertz CT molecular complexity index is 1610. The van der Waals surface area contributed by atoms with Crippen molar-refractivity contribution in [3.8, 4) is 11.1 Å². The first-order valence-electron chi connectivity index (χ1n) is 14.0. The van der Waals surface area contributed by atoms with E-state index >= 15 is 0 Å². The normalized spacial score (nSPS) is 18.3. The van der Waals surface area contributed by atoms with Gasteiger partial charge in [-0.05, 0) is 42.3 Å². The molecule has 0 spiro atoms. The predicted octanol–water partition coefficient (Wildman–Crippen LogP) is 6.28. The quantitative estimate of drug-likeness (QED) is 0.290. The second-order valence-electron chi connectivity index (χ2n) is 11.1. The van der Waals surface area contributed by atoms with Gasteiger partial charge in [-0.3, -0.25) is 9.59 Å². The molecule has 0 saturated heterocycles. The number of hydrogen-bond acceptors (Lipinski definition) is 4. The van der Waals surface area contributed by atoms with Gasteiger partial charge in [-0.1, -0.05) is 72.6 Å². The zero-order valence-electron chi connectivity index (χ0n) is 24.2. The first-order valence-corrected chi connectivity index (χ1v) is 14.8. The van der Waals surface area contributed by atoms with Crippen LogP contribution in [0.5, 0.6) is 0 Å². The third-order valence-corrected chi connectivity index (χ3v) is 8.57. The molecule has 2 amide bonds. The van der Waals surface area contributed by atoms with Crippen LogP contribution in [0.25, 0.3) is 22.0 Å². The number of rotatable bonds is 5. The van der Waals surface area contributed by atoms with Crippen molar-refractivity contribution in [1.82, 2.24) is 14.4 Å². The Hall–Kier alpha value is -3.36. The molecule has 0 radical (unpaired) electrons. The summed E-state index contributed by atoms with van der Waals surface area (Å²) in [5.41, 5.74) is 4.62. The fourth-order valence-corrected chi connectivity index (χ4v) is 6.30. The van der Waals surface area contributed by atoms with Crippen molar-refractivity contribution < 1.29 is 19.4 Å². The van der Waals surface area contributed by atoms with E-state index < -0.39 is 12.1 Å². The van der Waals surface area contributed by atoms with Crippen LogP contribution in [0.4, 0.5) is 0 Å². The zero-order valence-corrected chi connectivity index (χ0v) is 25.7. The Kier molecular flexibility index (Phi) is 8.94.